The summed E-state index contributed by atoms with van der Waals surface area (Å²) in [6.07, 6.45) is 14.0. The van der Waals surface area contributed by atoms with Crippen molar-refractivity contribution in [3.63, 3.8) is 0 Å². The summed E-state index contributed by atoms with van der Waals surface area (Å²) < 4.78 is 4.74. The second kappa shape index (κ2) is 15.3. The maximum absolute atomic E-state index is 11.7. The predicted octanol–water partition coefficient (Wildman–Crippen LogP) is 5.43. The molecule has 3 nitrogen and oxygen atoms in total. The van der Waals surface area contributed by atoms with Gasteiger partial charge in [0, 0.05) is 6.42 Å². The standard InChI is InChI=1S/C18H33ClO3/c1-3-5-6-7-8-9-10-11-12-13-14-15-16(20)17(19)18(21)22-4-2/h17H,3-15H2,1-2H3. The Morgan fingerprint density at radius 3 is 1.73 bits per heavy atom. The Bertz CT molecular complexity index is 292. The fourth-order valence-corrected chi connectivity index (χ4v) is 2.61. The van der Waals surface area contributed by atoms with Crippen molar-refractivity contribution in [2.45, 2.75) is 96.3 Å². The van der Waals surface area contributed by atoms with Gasteiger partial charge < -0.3 is 4.74 Å². The predicted molar refractivity (Wildman–Crippen MR) is 92.4 cm³/mol. The number of ether oxygens (including phenoxy) is 1. The highest BCUT2D eigenvalue weighted by Gasteiger charge is 2.24. The molecule has 0 saturated carbocycles. The van der Waals surface area contributed by atoms with Crippen LogP contribution < -0.4 is 0 Å². The zero-order valence-electron chi connectivity index (χ0n) is 14.4. The van der Waals surface area contributed by atoms with Crippen LogP contribution in [0.4, 0.5) is 0 Å². The molecular weight excluding hydrogens is 300 g/mol. The quantitative estimate of drug-likeness (QED) is 0.174. The topological polar surface area (TPSA) is 43.4 Å². The van der Waals surface area contributed by atoms with Gasteiger partial charge in [-0.3, -0.25) is 4.79 Å². The molecule has 0 aromatic rings. The summed E-state index contributed by atoms with van der Waals surface area (Å²) in [4.78, 5) is 23.0. The lowest BCUT2D eigenvalue weighted by Crippen LogP contribution is -2.26. The summed E-state index contributed by atoms with van der Waals surface area (Å²) in [5.74, 6) is -0.826. The summed E-state index contributed by atoms with van der Waals surface area (Å²) in [5, 5.41) is -1.12. The highest BCUT2D eigenvalue weighted by Crippen LogP contribution is 2.13. The van der Waals surface area contributed by atoms with Crippen LogP contribution in [0.2, 0.25) is 0 Å². The normalized spacial score (nSPS) is 12.1. The molecule has 0 aliphatic rings. The molecule has 0 bridgehead atoms. The van der Waals surface area contributed by atoms with Crippen molar-refractivity contribution in [1.82, 2.24) is 0 Å². The van der Waals surface area contributed by atoms with Gasteiger partial charge in [0.1, 0.15) is 0 Å². The fraction of sp³-hybridized carbons (Fsp3) is 0.889. The maximum Gasteiger partial charge on any atom is 0.331 e. The first-order valence-corrected chi connectivity index (χ1v) is 9.40. The van der Waals surface area contributed by atoms with Crippen LogP contribution in [-0.4, -0.2) is 23.7 Å². The van der Waals surface area contributed by atoms with E-state index in [4.69, 9.17) is 16.3 Å². The van der Waals surface area contributed by atoms with Crippen LogP contribution in [-0.2, 0) is 14.3 Å². The van der Waals surface area contributed by atoms with E-state index in [-0.39, 0.29) is 12.4 Å². The molecule has 0 saturated heterocycles. The van der Waals surface area contributed by atoms with E-state index in [0.29, 0.717) is 6.42 Å². The third-order valence-corrected chi connectivity index (χ3v) is 4.22. The third-order valence-electron chi connectivity index (χ3n) is 3.80. The lowest BCUT2D eigenvalue weighted by atomic mass is 10.0. The van der Waals surface area contributed by atoms with Gasteiger partial charge in [-0.1, -0.05) is 71.1 Å². The van der Waals surface area contributed by atoms with Crippen LogP contribution in [0.5, 0.6) is 0 Å². The highest BCUT2D eigenvalue weighted by molar-refractivity contribution is 6.41. The molecule has 4 heteroatoms. The fourth-order valence-electron chi connectivity index (χ4n) is 2.44. The van der Waals surface area contributed by atoms with Gasteiger partial charge in [-0.25, -0.2) is 4.79 Å². The summed E-state index contributed by atoms with van der Waals surface area (Å²) in [6.45, 7) is 4.20. The van der Waals surface area contributed by atoms with Crippen molar-refractivity contribution < 1.29 is 14.3 Å². The molecule has 0 aromatic heterocycles. The Kier molecular flexibility index (Phi) is 14.9. The maximum atomic E-state index is 11.7. The minimum Gasteiger partial charge on any atom is -0.465 e. The van der Waals surface area contributed by atoms with Gasteiger partial charge >= 0.3 is 5.97 Å². The molecule has 0 aromatic carbocycles. The van der Waals surface area contributed by atoms with E-state index in [0.717, 1.165) is 19.3 Å². The lowest BCUT2D eigenvalue weighted by Gasteiger charge is -2.07. The first-order chi connectivity index (χ1) is 10.6. The van der Waals surface area contributed by atoms with E-state index in [2.05, 4.69) is 6.92 Å². The van der Waals surface area contributed by atoms with E-state index in [9.17, 15) is 9.59 Å². The van der Waals surface area contributed by atoms with Crippen molar-refractivity contribution in [1.29, 1.82) is 0 Å². The summed E-state index contributed by atoms with van der Waals surface area (Å²) in [5.41, 5.74) is 0. The molecule has 0 radical (unpaired) electrons. The molecule has 0 spiro atoms. The van der Waals surface area contributed by atoms with Crippen molar-refractivity contribution >= 4 is 23.4 Å². The van der Waals surface area contributed by atoms with Crippen molar-refractivity contribution in [2.24, 2.45) is 0 Å². The summed E-state index contributed by atoms with van der Waals surface area (Å²) in [7, 11) is 0. The number of alkyl halides is 1. The van der Waals surface area contributed by atoms with E-state index < -0.39 is 11.3 Å². The number of halogens is 1. The Balaban J connectivity index is 3.38. The third kappa shape index (κ3) is 12.0. The molecule has 1 atom stereocenters. The second-order valence-corrected chi connectivity index (χ2v) is 6.30. The number of unbranched alkanes of at least 4 members (excludes halogenated alkanes) is 10. The smallest absolute Gasteiger partial charge is 0.331 e. The van der Waals surface area contributed by atoms with Crippen LogP contribution >= 0.6 is 11.6 Å². The van der Waals surface area contributed by atoms with Crippen molar-refractivity contribution in [3.05, 3.63) is 0 Å². The molecule has 130 valence electrons. The zero-order valence-corrected chi connectivity index (χ0v) is 15.1. The molecule has 0 amide bonds. The molecule has 0 aliphatic heterocycles. The Hall–Kier alpha value is -0.570. The zero-order chi connectivity index (χ0) is 16.6. The largest absolute Gasteiger partial charge is 0.465 e. The number of carbonyl (C=O) groups is 2. The van der Waals surface area contributed by atoms with Crippen LogP contribution in [0, 0.1) is 0 Å². The minimum absolute atomic E-state index is 0.212. The lowest BCUT2D eigenvalue weighted by molar-refractivity contribution is -0.145. The molecule has 0 fully saturated rings. The second-order valence-electron chi connectivity index (χ2n) is 5.87. The Morgan fingerprint density at radius 1 is 0.818 bits per heavy atom. The number of rotatable bonds is 15. The number of ketones is 1. The van der Waals surface area contributed by atoms with E-state index in [1.807, 2.05) is 0 Å². The van der Waals surface area contributed by atoms with Gasteiger partial charge in [-0.15, -0.1) is 11.6 Å². The molecule has 0 heterocycles. The monoisotopic (exact) mass is 332 g/mol. The minimum atomic E-state index is -1.12. The SMILES string of the molecule is CCCCCCCCCCCCCC(=O)C(Cl)C(=O)OCC. The van der Waals surface area contributed by atoms with E-state index in [1.165, 1.54) is 51.4 Å². The van der Waals surface area contributed by atoms with Gasteiger partial charge in [0.25, 0.3) is 0 Å². The number of hydrogen-bond acceptors (Lipinski definition) is 3. The average molecular weight is 333 g/mol. The van der Waals surface area contributed by atoms with Crippen molar-refractivity contribution in [3.8, 4) is 0 Å². The molecule has 22 heavy (non-hydrogen) atoms. The highest BCUT2D eigenvalue weighted by atomic mass is 35.5. The number of esters is 1. The number of hydrogen-bond donors (Lipinski definition) is 0. The van der Waals surface area contributed by atoms with Crippen LogP contribution in [0.15, 0.2) is 0 Å². The van der Waals surface area contributed by atoms with Gasteiger partial charge in [-0.05, 0) is 13.3 Å². The first kappa shape index (κ1) is 21.4. The molecular formula is C18H33ClO3. The van der Waals surface area contributed by atoms with Crippen LogP contribution in [0.3, 0.4) is 0 Å². The van der Waals surface area contributed by atoms with Gasteiger partial charge in [-0.2, -0.15) is 0 Å². The Morgan fingerprint density at radius 2 is 1.27 bits per heavy atom. The van der Waals surface area contributed by atoms with Crippen LogP contribution in [0.1, 0.15) is 90.9 Å². The molecule has 0 N–H and O–H groups in total. The van der Waals surface area contributed by atoms with E-state index in [1.54, 1.807) is 6.92 Å². The Labute approximate surface area is 141 Å². The van der Waals surface area contributed by atoms with Gasteiger partial charge in [0.2, 0.25) is 0 Å². The summed E-state index contributed by atoms with van der Waals surface area (Å²) in [6, 6.07) is 0. The van der Waals surface area contributed by atoms with Crippen molar-refractivity contribution in [2.75, 3.05) is 6.61 Å². The molecule has 0 aliphatic carbocycles. The van der Waals surface area contributed by atoms with Gasteiger partial charge in [0.05, 0.1) is 6.61 Å². The summed E-state index contributed by atoms with van der Waals surface area (Å²) >= 11 is 5.77. The molecule has 1 unspecified atom stereocenters. The first-order valence-electron chi connectivity index (χ1n) is 8.96. The number of carbonyl (C=O) groups excluding carboxylic acids is 2. The average Bonchev–Trinajstić information content (AvgIpc) is 2.51. The van der Waals surface area contributed by atoms with E-state index >= 15 is 0 Å². The van der Waals surface area contributed by atoms with Crippen LogP contribution in [0.25, 0.3) is 0 Å². The van der Waals surface area contributed by atoms with Gasteiger partial charge in [0.15, 0.2) is 11.2 Å². The molecule has 0 rings (SSSR count). The number of Topliss-reactive ketones (excluding diaryl/α,β-unsaturated/α-hetero) is 1.